The Bertz CT molecular complexity index is 801. The van der Waals surface area contributed by atoms with Gasteiger partial charge >= 0.3 is 0 Å². The van der Waals surface area contributed by atoms with Gasteiger partial charge in [-0.05, 0) is 48.2 Å². The summed E-state index contributed by atoms with van der Waals surface area (Å²) in [6.07, 6.45) is 1.54. The van der Waals surface area contributed by atoms with Crippen LogP contribution in [0.3, 0.4) is 0 Å². The molecule has 0 bridgehead atoms. The minimum Gasteiger partial charge on any atom is -0.369 e. The number of carbonyl (C=O) groups is 2. The Kier molecular flexibility index (Phi) is 5.55. The average molecular weight is 374 g/mol. The van der Waals surface area contributed by atoms with Gasteiger partial charge in [0.15, 0.2) is 0 Å². The summed E-state index contributed by atoms with van der Waals surface area (Å²) in [7, 11) is 0. The molecule has 8 nitrogen and oxygen atoms in total. The van der Waals surface area contributed by atoms with E-state index in [1.807, 2.05) is 32.0 Å². The van der Waals surface area contributed by atoms with E-state index in [2.05, 4.69) is 15.5 Å². The standard InChI is InChI=1S/C17H22N6O2S/c1-11-5-3-6-12(2)15(11)23-17(19-20-21-23)26-10-14(24)22-8-4-7-13(9-22)16(18)25/h3,5-6,13H,4,7-10H2,1-2H3,(H2,18,25)/t13-/m1/s1. The van der Waals surface area contributed by atoms with Crippen molar-refractivity contribution in [3.63, 3.8) is 0 Å². The summed E-state index contributed by atoms with van der Waals surface area (Å²) < 4.78 is 1.67. The van der Waals surface area contributed by atoms with Crippen LogP contribution in [0.2, 0.25) is 0 Å². The van der Waals surface area contributed by atoms with E-state index >= 15 is 0 Å². The van der Waals surface area contributed by atoms with E-state index in [0.29, 0.717) is 18.2 Å². The maximum atomic E-state index is 12.5. The lowest BCUT2D eigenvalue weighted by Crippen LogP contribution is -2.44. The summed E-state index contributed by atoms with van der Waals surface area (Å²) in [5.41, 5.74) is 8.43. The van der Waals surface area contributed by atoms with E-state index in [1.54, 1.807) is 9.58 Å². The van der Waals surface area contributed by atoms with Crippen molar-refractivity contribution in [1.82, 2.24) is 25.1 Å². The molecule has 1 fully saturated rings. The first kappa shape index (κ1) is 18.4. The van der Waals surface area contributed by atoms with Gasteiger partial charge in [-0.15, -0.1) is 5.10 Å². The number of hydrogen-bond acceptors (Lipinski definition) is 6. The lowest BCUT2D eigenvalue weighted by Gasteiger charge is -2.31. The van der Waals surface area contributed by atoms with E-state index in [9.17, 15) is 9.59 Å². The monoisotopic (exact) mass is 374 g/mol. The number of amides is 2. The van der Waals surface area contributed by atoms with Crippen LogP contribution in [0.5, 0.6) is 0 Å². The molecular formula is C17H22N6O2S. The molecule has 0 aliphatic carbocycles. The second kappa shape index (κ2) is 7.86. The average Bonchev–Trinajstić information content (AvgIpc) is 3.08. The van der Waals surface area contributed by atoms with Crippen LogP contribution in [0.4, 0.5) is 0 Å². The number of nitrogens with two attached hydrogens (primary N) is 1. The molecular weight excluding hydrogens is 352 g/mol. The minimum atomic E-state index is -0.339. The van der Waals surface area contributed by atoms with Gasteiger partial charge in [-0.1, -0.05) is 30.0 Å². The predicted octanol–water partition coefficient (Wildman–Crippen LogP) is 1.10. The lowest BCUT2D eigenvalue weighted by atomic mass is 9.97. The van der Waals surface area contributed by atoms with Crippen LogP contribution in [-0.4, -0.2) is 55.8 Å². The van der Waals surface area contributed by atoms with Crippen LogP contribution in [0, 0.1) is 19.8 Å². The Morgan fingerprint density at radius 2 is 2.04 bits per heavy atom. The Morgan fingerprint density at radius 3 is 2.73 bits per heavy atom. The summed E-state index contributed by atoms with van der Waals surface area (Å²) in [6.45, 7) is 5.06. The van der Waals surface area contributed by atoms with Crippen molar-refractivity contribution in [3.05, 3.63) is 29.3 Å². The van der Waals surface area contributed by atoms with Crippen LogP contribution < -0.4 is 5.73 Å². The predicted molar refractivity (Wildman–Crippen MR) is 97.9 cm³/mol. The quantitative estimate of drug-likeness (QED) is 0.785. The fourth-order valence-corrected chi connectivity index (χ4v) is 3.98. The number of aryl methyl sites for hydroxylation is 2. The zero-order chi connectivity index (χ0) is 18.7. The van der Waals surface area contributed by atoms with Crippen LogP contribution in [0.15, 0.2) is 23.4 Å². The van der Waals surface area contributed by atoms with Gasteiger partial charge in [0, 0.05) is 13.1 Å². The van der Waals surface area contributed by atoms with Gasteiger partial charge in [0.05, 0.1) is 17.4 Å². The molecule has 2 N–H and O–H groups in total. The number of hydrogen-bond donors (Lipinski definition) is 1. The molecule has 26 heavy (non-hydrogen) atoms. The third kappa shape index (κ3) is 3.87. The Hall–Kier alpha value is -2.42. The van der Waals surface area contributed by atoms with E-state index in [0.717, 1.165) is 29.7 Å². The first-order chi connectivity index (χ1) is 12.5. The molecule has 2 aromatic rings. The second-order valence-corrected chi connectivity index (χ2v) is 7.43. The van der Waals surface area contributed by atoms with E-state index in [-0.39, 0.29) is 23.5 Å². The number of nitrogens with zero attached hydrogens (tertiary/aromatic N) is 5. The molecule has 0 spiro atoms. The number of rotatable bonds is 5. The van der Waals surface area contributed by atoms with Gasteiger partial charge in [0.25, 0.3) is 0 Å². The fraction of sp³-hybridized carbons (Fsp3) is 0.471. The number of piperidine rings is 1. The van der Waals surface area contributed by atoms with Crippen molar-refractivity contribution in [2.45, 2.75) is 31.8 Å². The summed E-state index contributed by atoms with van der Waals surface area (Å²) in [5.74, 6) is -0.402. The Labute approximate surface area is 156 Å². The Morgan fingerprint density at radius 1 is 1.31 bits per heavy atom. The number of thioether (sulfide) groups is 1. The van der Waals surface area contributed by atoms with Crippen molar-refractivity contribution in [2.24, 2.45) is 11.7 Å². The van der Waals surface area contributed by atoms with Gasteiger partial charge in [-0.2, -0.15) is 4.68 Å². The van der Waals surface area contributed by atoms with Gasteiger partial charge in [-0.25, -0.2) is 0 Å². The molecule has 0 unspecified atom stereocenters. The lowest BCUT2D eigenvalue weighted by molar-refractivity contribution is -0.132. The number of benzene rings is 1. The molecule has 138 valence electrons. The van der Waals surface area contributed by atoms with Crippen molar-refractivity contribution >= 4 is 23.6 Å². The number of primary amides is 1. The van der Waals surface area contributed by atoms with Crippen LogP contribution in [0.1, 0.15) is 24.0 Å². The highest BCUT2D eigenvalue weighted by Crippen LogP contribution is 2.24. The molecule has 9 heteroatoms. The highest BCUT2D eigenvalue weighted by molar-refractivity contribution is 7.99. The molecule has 1 atom stereocenters. The van der Waals surface area contributed by atoms with E-state index < -0.39 is 0 Å². The van der Waals surface area contributed by atoms with Crippen LogP contribution in [-0.2, 0) is 9.59 Å². The van der Waals surface area contributed by atoms with Crippen molar-refractivity contribution in [3.8, 4) is 5.69 Å². The molecule has 1 aliphatic rings. The molecule has 2 amide bonds. The van der Waals surface area contributed by atoms with Crippen LogP contribution in [0.25, 0.3) is 5.69 Å². The van der Waals surface area contributed by atoms with Crippen LogP contribution >= 0.6 is 11.8 Å². The smallest absolute Gasteiger partial charge is 0.233 e. The molecule has 3 rings (SSSR count). The summed E-state index contributed by atoms with van der Waals surface area (Å²) in [6, 6.07) is 5.99. The highest BCUT2D eigenvalue weighted by atomic mass is 32.2. The maximum Gasteiger partial charge on any atom is 0.233 e. The summed E-state index contributed by atoms with van der Waals surface area (Å²) in [4.78, 5) is 25.6. The van der Waals surface area contributed by atoms with E-state index in [1.165, 1.54) is 11.8 Å². The SMILES string of the molecule is Cc1cccc(C)c1-n1nnnc1SCC(=O)N1CCC[C@@H](C(N)=O)C1. The van der Waals surface area contributed by atoms with Crippen molar-refractivity contribution in [2.75, 3.05) is 18.8 Å². The maximum absolute atomic E-state index is 12.5. The molecule has 2 heterocycles. The number of para-hydroxylation sites is 1. The second-order valence-electron chi connectivity index (χ2n) is 6.48. The summed E-state index contributed by atoms with van der Waals surface area (Å²) in [5, 5.41) is 12.5. The number of likely N-dealkylation sites (tertiary alicyclic amines) is 1. The largest absolute Gasteiger partial charge is 0.369 e. The molecule has 0 saturated carbocycles. The summed E-state index contributed by atoms with van der Waals surface area (Å²) >= 11 is 1.30. The molecule has 1 aromatic carbocycles. The molecule has 1 aliphatic heterocycles. The third-order valence-electron chi connectivity index (χ3n) is 4.59. The zero-order valence-corrected chi connectivity index (χ0v) is 15.7. The van der Waals surface area contributed by atoms with Gasteiger partial charge in [0.1, 0.15) is 0 Å². The first-order valence-electron chi connectivity index (χ1n) is 8.52. The van der Waals surface area contributed by atoms with Crippen molar-refractivity contribution < 1.29 is 9.59 Å². The van der Waals surface area contributed by atoms with Gasteiger partial charge < -0.3 is 10.6 Å². The van der Waals surface area contributed by atoms with E-state index in [4.69, 9.17) is 5.73 Å². The van der Waals surface area contributed by atoms with Gasteiger partial charge in [-0.3, -0.25) is 9.59 Å². The number of tetrazole rings is 1. The van der Waals surface area contributed by atoms with Gasteiger partial charge in [0.2, 0.25) is 17.0 Å². The first-order valence-corrected chi connectivity index (χ1v) is 9.50. The zero-order valence-electron chi connectivity index (χ0n) is 14.9. The van der Waals surface area contributed by atoms with Crippen molar-refractivity contribution in [1.29, 1.82) is 0 Å². The Balaban J connectivity index is 1.69. The molecule has 0 radical (unpaired) electrons. The normalized spacial score (nSPS) is 17.3. The third-order valence-corrected chi connectivity index (χ3v) is 5.50. The molecule has 1 saturated heterocycles. The minimum absolute atomic E-state index is 0.0306. The molecule has 1 aromatic heterocycles. The number of carbonyl (C=O) groups excluding carboxylic acids is 2. The highest BCUT2D eigenvalue weighted by Gasteiger charge is 2.27. The fourth-order valence-electron chi connectivity index (χ4n) is 3.20. The topological polar surface area (TPSA) is 107 Å². The number of aromatic nitrogens is 4.